The number of nitrogens with zero attached hydrogens (tertiary/aromatic N) is 5. The van der Waals surface area contributed by atoms with Crippen LogP contribution in [0.5, 0.6) is 0 Å². The molecule has 0 unspecified atom stereocenters. The highest BCUT2D eigenvalue weighted by Crippen LogP contribution is 2.33. The molecule has 1 aliphatic rings. The Morgan fingerprint density at radius 2 is 2.19 bits per heavy atom. The standard InChI is InChI=1S/C25H27ClFN7O3/c1-5-20(35)33-11-14(9-15(33)12-37-4)34-25(29-3)21(24(28)36)18(31-34)8-7-16-17(26)10-19-23(22(16)27)30-13-32(19)6-2/h5,10,13-15,29H,1,6,9,11-12H2,2-4H3,(H2,28,36)/t14-,15+/m0/s1. The van der Waals surface area contributed by atoms with Gasteiger partial charge in [-0.2, -0.15) is 5.10 Å². The second kappa shape index (κ2) is 10.6. The molecule has 0 radical (unpaired) electrons. The highest BCUT2D eigenvalue weighted by molar-refractivity contribution is 6.32. The van der Waals surface area contributed by atoms with Crippen LogP contribution in [0.2, 0.25) is 5.02 Å². The Labute approximate surface area is 218 Å². The van der Waals surface area contributed by atoms with Gasteiger partial charge in [0.1, 0.15) is 16.9 Å². The molecule has 37 heavy (non-hydrogen) atoms. The summed E-state index contributed by atoms with van der Waals surface area (Å²) >= 11 is 6.36. The smallest absolute Gasteiger partial charge is 0.255 e. The number of imidazole rings is 1. The first-order valence-corrected chi connectivity index (χ1v) is 12.0. The Morgan fingerprint density at radius 3 is 2.81 bits per heavy atom. The van der Waals surface area contributed by atoms with Crippen molar-refractivity contribution in [3.8, 4) is 11.8 Å². The molecular weight excluding hydrogens is 501 g/mol. The minimum absolute atomic E-state index is 0.0552. The van der Waals surface area contributed by atoms with Gasteiger partial charge in [-0.25, -0.2) is 14.1 Å². The van der Waals surface area contributed by atoms with E-state index in [4.69, 9.17) is 22.1 Å². The number of carbonyl (C=O) groups excluding carboxylic acids is 2. The quantitative estimate of drug-likeness (QED) is 0.360. The summed E-state index contributed by atoms with van der Waals surface area (Å²) in [5.41, 5.74) is 6.44. The monoisotopic (exact) mass is 527 g/mol. The highest BCUT2D eigenvalue weighted by atomic mass is 35.5. The summed E-state index contributed by atoms with van der Waals surface area (Å²) in [5, 5.41) is 7.62. The number of fused-ring (bicyclic) bond motifs is 1. The number of nitrogens with two attached hydrogens (primary N) is 1. The number of aryl methyl sites for hydroxylation is 1. The van der Waals surface area contributed by atoms with Crippen LogP contribution in [0.1, 0.15) is 41.0 Å². The van der Waals surface area contributed by atoms with E-state index in [0.29, 0.717) is 37.5 Å². The highest BCUT2D eigenvalue weighted by Gasteiger charge is 2.37. The molecule has 3 N–H and O–H groups in total. The van der Waals surface area contributed by atoms with Crippen molar-refractivity contribution in [2.45, 2.75) is 32.0 Å². The van der Waals surface area contributed by atoms with Gasteiger partial charge in [-0.15, -0.1) is 0 Å². The molecule has 0 saturated carbocycles. The Bertz CT molecular complexity index is 1450. The van der Waals surface area contributed by atoms with Gasteiger partial charge in [-0.05, 0) is 31.4 Å². The van der Waals surface area contributed by atoms with E-state index >= 15 is 4.39 Å². The number of hydrogen-bond donors (Lipinski definition) is 2. The lowest BCUT2D eigenvalue weighted by atomic mass is 10.1. The van der Waals surface area contributed by atoms with E-state index in [0.717, 1.165) is 0 Å². The van der Waals surface area contributed by atoms with Crippen molar-refractivity contribution in [1.82, 2.24) is 24.2 Å². The van der Waals surface area contributed by atoms with Crippen LogP contribution in [0.15, 0.2) is 25.0 Å². The first-order valence-electron chi connectivity index (χ1n) is 11.6. The topological polar surface area (TPSA) is 120 Å². The van der Waals surface area contributed by atoms with Gasteiger partial charge in [0.15, 0.2) is 11.5 Å². The predicted octanol–water partition coefficient (Wildman–Crippen LogP) is 2.56. The molecule has 2 aromatic heterocycles. The van der Waals surface area contributed by atoms with Crippen molar-refractivity contribution in [2.24, 2.45) is 5.73 Å². The molecule has 0 spiro atoms. The largest absolute Gasteiger partial charge is 0.383 e. The maximum Gasteiger partial charge on any atom is 0.255 e. The van der Waals surface area contributed by atoms with Crippen molar-refractivity contribution >= 4 is 40.3 Å². The average Bonchev–Trinajstić information content (AvgIpc) is 3.58. The lowest BCUT2D eigenvalue weighted by Gasteiger charge is -2.22. The summed E-state index contributed by atoms with van der Waals surface area (Å²) in [7, 11) is 3.18. The fourth-order valence-corrected chi connectivity index (χ4v) is 4.92. The van der Waals surface area contributed by atoms with Gasteiger partial charge in [0.25, 0.3) is 5.91 Å². The molecular formula is C25H27ClFN7O3. The molecule has 1 fully saturated rings. The number of benzene rings is 1. The van der Waals surface area contributed by atoms with Crippen LogP contribution < -0.4 is 11.1 Å². The number of rotatable bonds is 7. The van der Waals surface area contributed by atoms with Crippen LogP contribution in [0.3, 0.4) is 0 Å². The van der Waals surface area contributed by atoms with Crippen LogP contribution in [-0.2, 0) is 16.1 Å². The molecule has 1 saturated heterocycles. The number of aromatic nitrogens is 4. The van der Waals surface area contributed by atoms with E-state index in [9.17, 15) is 9.59 Å². The lowest BCUT2D eigenvalue weighted by Crippen LogP contribution is -2.37. The number of carbonyl (C=O) groups is 2. The van der Waals surface area contributed by atoms with Crippen molar-refractivity contribution in [1.29, 1.82) is 0 Å². The lowest BCUT2D eigenvalue weighted by molar-refractivity contribution is -0.127. The third kappa shape index (κ3) is 4.65. The molecule has 1 aromatic carbocycles. The van der Waals surface area contributed by atoms with Crippen molar-refractivity contribution in [3.05, 3.63) is 52.7 Å². The maximum absolute atomic E-state index is 15.3. The zero-order valence-corrected chi connectivity index (χ0v) is 21.5. The summed E-state index contributed by atoms with van der Waals surface area (Å²) in [5.74, 6) is 4.19. The Kier molecular flexibility index (Phi) is 7.52. The van der Waals surface area contributed by atoms with Gasteiger partial charge >= 0.3 is 0 Å². The molecule has 12 heteroatoms. The molecule has 10 nitrogen and oxygen atoms in total. The molecule has 194 valence electrons. The van der Waals surface area contributed by atoms with Gasteiger partial charge in [0.05, 0.1) is 41.1 Å². The zero-order valence-electron chi connectivity index (χ0n) is 20.7. The number of anilines is 1. The van der Waals surface area contributed by atoms with Crippen LogP contribution in [0, 0.1) is 17.7 Å². The van der Waals surface area contributed by atoms with E-state index in [1.807, 2.05) is 6.92 Å². The van der Waals surface area contributed by atoms with Crippen molar-refractivity contribution < 1.29 is 18.7 Å². The summed E-state index contributed by atoms with van der Waals surface area (Å²) in [4.78, 5) is 30.6. The molecule has 0 aliphatic carbocycles. The maximum atomic E-state index is 15.3. The van der Waals surface area contributed by atoms with Crippen LogP contribution in [-0.4, -0.2) is 69.4 Å². The fourth-order valence-electron chi connectivity index (χ4n) is 4.68. The van der Waals surface area contributed by atoms with E-state index in [-0.39, 0.29) is 45.4 Å². The SMILES string of the molecule is C=CC(=O)N1C[C@@H](n2nc(C#Cc3c(Cl)cc4c(ncn4CC)c3F)c(C(N)=O)c2NC)C[C@@H]1COC. The van der Waals surface area contributed by atoms with Crippen LogP contribution in [0.25, 0.3) is 11.0 Å². The minimum Gasteiger partial charge on any atom is -0.383 e. The van der Waals surface area contributed by atoms with Crippen LogP contribution >= 0.6 is 11.6 Å². The fraction of sp³-hybridized carbons (Fsp3) is 0.360. The third-order valence-corrected chi connectivity index (χ3v) is 6.70. The molecule has 4 rings (SSSR count). The normalized spacial score (nSPS) is 17.1. The number of primary amides is 1. The molecule has 1 aliphatic heterocycles. The summed E-state index contributed by atoms with van der Waals surface area (Å²) < 4.78 is 23.9. The number of likely N-dealkylation sites (tertiary alicyclic amines) is 1. The summed E-state index contributed by atoms with van der Waals surface area (Å²) in [6.45, 7) is 6.73. The van der Waals surface area contributed by atoms with E-state index < -0.39 is 11.7 Å². The molecule has 2 atom stereocenters. The van der Waals surface area contributed by atoms with Gasteiger partial charge in [0, 0.05) is 27.2 Å². The second-order valence-corrected chi connectivity index (χ2v) is 8.93. The molecule has 0 bridgehead atoms. The number of halogens is 2. The third-order valence-electron chi connectivity index (χ3n) is 6.40. The molecule has 3 aromatic rings. The number of amides is 2. The minimum atomic E-state index is -0.755. The van der Waals surface area contributed by atoms with Crippen molar-refractivity contribution in [2.75, 3.05) is 32.6 Å². The average molecular weight is 528 g/mol. The van der Waals surface area contributed by atoms with Crippen molar-refractivity contribution in [3.63, 3.8) is 0 Å². The van der Waals surface area contributed by atoms with Gasteiger partial charge in [-0.3, -0.25) is 9.59 Å². The molecule has 3 heterocycles. The number of nitrogens with one attached hydrogen (secondary N) is 1. The number of hydrogen-bond acceptors (Lipinski definition) is 6. The molecule has 2 amide bonds. The predicted molar refractivity (Wildman–Crippen MR) is 138 cm³/mol. The Balaban J connectivity index is 1.78. The van der Waals surface area contributed by atoms with E-state index in [1.54, 1.807) is 34.4 Å². The van der Waals surface area contributed by atoms with Gasteiger partial charge < -0.3 is 25.3 Å². The first-order chi connectivity index (χ1) is 17.7. The first kappa shape index (κ1) is 26.2. The Morgan fingerprint density at radius 1 is 1.43 bits per heavy atom. The summed E-state index contributed by atoms with van der Waals surface area (Å²) in [6.07, 6.45) is 3.30. The van der Waals surface area contributed by atoms with Gasteiger partial charge in [0.2, 0.25) is 5.91 Å². The number of methoxy groups -OCH3 is 1. The van der Waals surface area contributed by atoms with Crippen LogP contribution in [0.4, 0.5) is 10.2 Å². The van der Waals surface area contributed by atoms with E-state index in [1.165, 1.54) is 12.4 Å². The Hall–Kier alpha value is -3.88. The van der Waals surface area contributed by atoms with Gasteiger partial charge in [-0.1, -0.05) is 24.1 Å². The van der Waals surface area contributed by atoms with E-state index in [2.05, 4.69) is 33.8 Å². The zero-order chi connectivity index (χ0) is 26.9. The summed E-state index contributed by atoms with van der Waals surface area (Å²) in [6, 6.07) is 1.10. The number of ether oxygens (including phenoxy) is 1. The second-order valence-electron chi connectivity index (χ2n) is 8.52.